The predicted octanol–water partition coefficient (Wildman–Crippen LogP) is 7.71. The molecule has 0 bridgehead atoms. The molecule has 202 valence electrons. The fourth-order valence-electron chi connectivity index (χ4n) is 4.32. The molecule has 0 radical (unpaired) electrons. The minimum absolute atomic E-state index is 0.0371. The molecule has 1 unspecified atom stereocenters. The lowest BCUT2D eigenvalue weighted by Gasteiger charge is -2.35. The van der Waals surface area contributed by atoms with E-state index in [-0.39, 0.29) is 13.0 Å². The minimum Gasteiger partial charge on any atom is -0.373 e. The highest BCUT2D eigenvalue weighted by molar-refractivity contribution is 7.53. The molecule has 5 nitrogen and oxygen atoms in total. The van der Waals surface area contributed by atoms with Crippen LogP contribution in [0.5, 0.6) is 0 Å². The smallest absolute Gasteiger partial charge is 0.362 e. The van der Waals surface area contributed by atoms with Gasteiger partial charge in [-0.3, -0.25) is 4.57 Å². The Kier molecular flexibility index (Phi) is 19.4. The van der Waals surface area contributed by atoms with Crippen molar-refractivity contribution >= 4 is 7.60 Å². The predicted molar refractivity (Wildman–Crippen MR) is 147 cm³/mol. The Morgan fingerprint density at radius 3 is 1.35 bits per heavy atom. The molecule has 0 amide bonds. The standard InChI is InChI=1S/C28H56NO4P/c1-5-6-7-8-9-10-11-12-13-14-15-16-17-18-19-20-21-22-23-24-25-26-28(30,34(31,32)33)27-29(2,3)4/h14-15,22-23,30H,5-13,16-21,24-27H2,1-4H3,(H-,31,32,33)/p+1/b15-14-,23-22-. The van der Waals surface area contributed by atoms with E-state index < -0.39 is 12.9 Å². The summed E-state index contributed by atoms with van der Waals surface area (Å²) in [6.45, 7) is 2.31. The van der Waals surface area contributed by atoms with E-state index in [9.17, 15) is 19.5 Å². The number of hydrogen-bond acceptors (Lipinski definition) is 2. The van der Waals surface area contributed by atoms with E-state index in [4.69, 9.17) is 0 Å². The molecule has 1 atom stereocenters. The van der Waals surface area contributed by atoms with Crippen LogP contribution in [0.4, 0.5) is 0 Å². The van der Waals surface area contributed by atoms with Gasteiger partial charge in [-0.25, -0.2) is 0 Å². The summed E-state index contributed by atoms with van der Waals surface area (Å²) in [6, 6.07) is 0. The number of allylic oxidation sites excluding steroid dienone is 4. The van der Waals surface area contributed by atoms with Crippen molar-refractivity contribution in [1.82, 2.24) is 0 Å². The Labute approximate surface area is 211 Å². The van der Waals surface area contributed by atoms with Crippen molar-refractivity contribution in [2.24, 2.45) is 0 Å². The van der Waals surface area contributed by atoms with Gasteiger partial charge >= 0.3 is 7.60 Å². The molecule has 3 N–H and O–H groups in total. The zero-order valence-corrected chi connectivity index (χ0v) is 23.8. The molecule has 0 heterocycles. The second-order valence-corrected chi connectivity index (χ2v) is 13.0. The number of quaternary nitrogens is 1. The van der Waals surface area contributed by atoms with Gasteiger partial charge in [-0.05, 0) is 57.8 Å². The minimum atomic E-state index is -4.57. The van der Waals surface area contributed by atoms with E-state index in [0.29, 0.717) is 10.9 Å². The van der Waals surface area contributed by atoms with Crippen molar-refractivity contribution in [3.63, 3.8) is 0 Å². The second kappa shape index (κ2) is 19.7. The molecule has 34 heavy (non-hydrogen) atoms. The maximum absolute atomic E-state index is 11.8. The molecule has 0 fully saturated rings. The zero-order valence-electron chi connectivity index (χ0n) is 22.9. The summed E-state index contributed by atoms with van der Waals surface area (Å²) in [5.41, 5.74) is 0. The van der Waals surface area contributed by atoms with Crippen molar-refractivity contribution in [3.8, 4) is 0 Å². The topological polar surface area (TPSA) is 77.8 Å². The first-order valence-electron chi connectivity index (χ1n) is 13.9. The van der Waals surface area contributed by atoms with E-state index in [1.54, 1.807) is 0 Å². The quantitative estimate of drug-likeness (QED) is 0.0578. The average Bonchev–Trinajstić information content (AvgIpc) is 2.73. The van der Waals surface area contributed by atoms with Gasteiger partial charge in [-0.2, -0.15) is 0 Å². The Morgan fingerprint density at radius 2 is 1.00 bits per heavy atom. The molecule has 0 aromatic carbocycles. The van der Waals surface area contributed by atoms with Gasteiger partial charge in [0.1, 0.15) is 6.54 Å². The number of unbranched alkanes of at least 4 members (excludes halogenated alkanes) is 14. The van der Waals surface area contributed by atoms with Crippen LogP contribution in [0.15, 0.2) is 24.3 Å². The third kappa shape index (κ3) is 19.8. The van der Waals surface area contributed by atoms with Gasteiger partial charge in [0, 0.05) is 0 Å². The van der Waals surface area contributed by atoms with Crippen molar-refractivity contribution in [2.45, 2.75) is 128 Å². The maximum atomic E-state index is 11.8. The highest BCUT2D eigenvalue weighted by Gasteiger charge is 2.48. The Bertz CT molecular complexity index is 579. The number of rotatable bonds is 23. The molecule has 0 rings (SSSR count). The first-order valence-corrected chi connectivity index (χ1v) is 15.5. The molecule has 0 aromatic heterocycles. The number of aliphatic hydroxyl groups is 1. The van der Waals surface area contributed by atoms with Crippen LogP contribution in [-0.2, 0) is 4.57 Å². The summed E-state index contributed by atoms with van der Waals surface area (Å²) < 4.78 is 12.1. The fourth-order valence-corrected chi connectivity index (χ4v) is 5.38. The number of likely N-dealkylation sites (N-methyl/N-ethyl adjacent to an activating group) is 1. The van der Waals surface area contributed by atoms with Gasteiger partial charge in [-0.1, -0.05) is 89.0 Å². The third-order valence-electron chi connectivity index (χ3n) is 6.27. The third-order valence-corrected chi connectivity index (χ3v) is 7.72. The van der Waals surface area contributed by atoms with E-state index in [1.165, 1.54) is 89.9 Å². The maximum Gasteiger partial charge on any atom is 0.362 e. The molecule has 0 saturated heterocycles. The van der Waals surface area contributed by atoms with E-state index >= 15 is 0 Å². The summed E-state index contributed by atoms with van der Waals surface area (Å²) >= 11 is 0. The average molecular weight is 503 g/mol. The molecule has 0 aliphatic heterocycles. The summed E-state index contributed by atoms with van der Waals surface area (Å²) in [4.78, 5) is 19.2. The van der Waals surface area contributed by atoms with Crippen LogP contribution in [0.1, 0.15) is 122 Å². The molecule has 0 spiro atoms. The van der Waals surface area contributed by atoms with Crippen molar-refractivity contribution in [2.75, 3.05) is 27.7 Å². The number of nitrogens with zero attached hydrogens (tertiary/aromatic N) is 1. The van der Waals surface area contributed by atoms with Crippen LogP contribution < -0.4 is 0 Å². The first kappa shape index (κ1) is 33.5. The lowest BCUT2D eigenvalue weighted by molar-refractivity contribution is -0.875. The molecule has 0 aliphatic carbocycles. The van der Waals surface area contributed by atoms with Crippen LogP contribution in [0, 0.1) is 0 Å². The van der Waals surface area contributed by atoms with Crippen LogP contribution in [0.2, 0.25) is 0 Å². The molecule has 6 heteroatoms. The monoisotopic (exact) mass is 502 g/mol. The Hall–Kier alpha value is -0.450. The van der Waals surface area contributed by atoms with Crippen molar-refractivity contribution < 1.29 is 23.9 Å². The Morgan fingerprint density at radius 1 is 0.647 bits per heavy atom. The normalized spacial score (nSPS) is 14.9. The van der Waals surface area contributed by atoms with Gasteiger partial charge in [0.05, 0.1) is 21.1 Å². The molecule has 0 aliphatic rings. The SMILES string of the molecule is CCCCCCCCCC/C=C\CCCCCC/C=C\CCCC(O)(C[N+](C)(C)C)P(=O)(O)O. The van der Waals surface area contributed by atoms with Gasteiger partial charge in [0.25, 0.3) is 0 Å². The Balaban J connectivity index is 3.64. The number of hydrogen-bond donors (Lipinski definition) is 3. The molecule has 0 saturated carbocycles. The second-order valence-electron chi connectivity index (χ2n) is 11.1. The first-order chi connectivity index (χ1) is 16.0. The lowest BCUT2D eigenvalue weighted by atomic mass is 10.1. The highest BCUT2D eigenvalue weighted by Crippen LogP contribution is 2.52. The van der Waals surface area contributed by atoms with Crippen LogP contribution >= 0.6 is 7.60 Å². The summed E-state index contributed by atoms with van der Waals surface area (Å²) in [5.74, 6) is 0. The van der Waals surface area contributed by atoms with Crippen LogP contribution in [0.3, 0.4) is 0 Å². The summed E-state index contributed by atoms with van der Waals surface area (Å²) in [5, 5.41) is 8.59. The highest BCUT2D eigenvalue weighted by atomic mass is 31.2. The van der Waals surface area contributed by atoms with E-state index in [2.05, 4.69) is 31.2 Å². The van der Waals surface area contributed by atoms with Crippen molar-refractivity contribution in [3.05, 3.63) is 24.3 Å². The van der Waals surface area contributed by atoms with E-state index in [0.717, 1.165) is 12.8 Å². The lowest BCUT2D eigenvalue weighted by Crippen LogP contribution is -2.49. The summed E-state index contributed by atoms with van der Waals surface area (Å²) in [7, 11) is 0.916. The molecular weight excluding hydrogens is 445 g/mol. The summed E-state index contributed by atoms with van der Waals surface area (Å²) in [6.07, 6.45) is 30.0. The van der Waals surface area contributed by atoms with Crippen LogP contribution in [0.25, 0.3) is 0 Å². The van der Waals surface area contributed by atoms with Gasteiger partial charge in [-0.15, -0.1) is 0 Å². The van der Waals surface area contributed by atoms with Crippen molar-refractivity contribution in [1.29, 1.82) is 0 Å². The largest absolute Gasteiger partial charge is 0.373 e. The van der Waals surface area contributed by atoms with Gasteiger partial charge < -0.3 is 19.4 Å². The van der Waals surface area contributed by atoms with Gasteiger partial charge in [0.2, 0.25) is 5.34 Å². The zero-order chi connectivity index (χ0) is 25.8. The van der Waals surface area contributed by atoms with Crippen LogP contribution in [-0.4, -0.2) is 52.4 Å². The van der Waals surface area contributed by atoms with E-state index in [1.807, 2.05) is 21.1 Å². The molecule has 0 aromatic rings. The molecular formula is C28H57NO4P+. The van der Waals surface area contributed by atoms with Gasteiger partial charge in [0.15, 0.2) is 0 Å². The fraction of sp³-hybridized carbons (Fsp3) is 0.857.